The SMILES string of the molecule is CSCC(C)NC(=O)CC1CCCN1. The maximum atomic E-state index is 11.5. The molecular weight excluding hydrogens is 196 g/mol. The normalized spacial score (nSPS) is 23.4. The third-order valence-corrected chi connectivity index (χ3v) is 3.25. The van der Waals surface area contributed by atoms with Gasteiger partial charge >= 0.3 is 0 Å². The van der Waals surface area contributed by atoms with Crippen LogP contribution in [0.2, 0.25) is 0 Å². The molecule has 82 valence electrons. The first-order valence-corrected chi connectivity index (χ1v) is 6.63. The zero-order valence-corrected chi connectivity index (χ0v) is 9.82. The Morgan fingerprint density at radius 1 is 1.71 bits per heavy atom. The van der Waals surface area contributed by atoms with Gasteiger partial charge in [0.1, 0.15) is 0 Å². The van der Waals surface area contributed by atoms with Crippen LogP contribution in [0.3, 0.4) is 0 Å². The van der Waals surface area contributed by atoms with Crippen molar-refractivity contribution in [3.8, 4) is 0 Å². The van der Waals surface area contributed by atoms with E-state index in [0.717, 1.165) is 18.7 Å². The minimum absolute atomic E-state index is 0.186. The zero-order valence-electron chi connectivity index (χ0n) is 9.01. The Balaban J connectivity index is 2.14. The molecule has 2 N–H and O–H groups in total. The molecule has 2 atom stereocenters. The second kappa shape index (κ2) is 6.30. The van der Waals surface area contributed by atoms with Crippen LogP contribution >= 0.6 is 11.8 Å². The molecule has 0 aromatic carbocycles. The molecule has 0 bridgehead atoms. The van der Waals surface area contributed by atoms with Gasteiger partial charge in [0.15, 0.2) is 0 Å². The van der Waals surface area contributed by atoms with E-state index >= 15 is 0 Å². The Hall–Kier alpha value is -0.220. The number of carbonyl (C=O) groups excluding carboxylic acids is 1. The Morgan fingerprint density at radius 2 is 2.50 bits per heavy atom. The van der Waals surface area contributed by atoms with E-state index in [0.29, 0.717) is 18.5 Å². The Labute approximate surface area is 90.4 Å². The van der Waals surface area contributed by atoms with E-state index in [9.17, 15) is 4.79 Å². The largest absolute Gasteiger partial charge is 0.353 e. The van der Waals surface area contributed by atoms with Crippen LogP contribution in [0.25, 0.3) is 0 Å². The fraction of sp³-hybridized carbons (Fsp3) is 0.900. The molecule has 4 heteroatoms. The second-order valence-corrected chi connectivity index (χ2v) is 4.83. The Kier molecular flexibility index (Phi) is 5.33. The highest BCUT2D eigenvalue weighted by Crippen LogP contribution is 2.08. The minimum Gasteiger partial charge on any atom is -0.353 e. The topological polar surface area (TPSA) is 41.1 Å². The molecule has 14 heavy (non-hydrogen) atoms. The summed E-state index contributed by atoms with van der Waals surface area (Å²) in [4.78, 5) is 11.5. The number of hydrogen-bond donors (Lipinski definition) is 2. The highest BCUT2D eigenvalue weighted by molar-refractivity contribution is 7.98. The van der Waals surface area contributed by atoms with Gasteiger partial charge in [-0.3, -0.25) is 4.79 Å². The lowest BCUT2D eigenvalue weighted by atomic mass is 10.1. The fourth-order valence-electron chi connectivity index (χ4n) is 1.78. The van der Waals surface area contributed by atoms with E-state index < -0.39 is 0 Å². The molecule has 0 aromatic heterocycles. The summed E-state index contributed by atoms with van der Waals surface area (Å²) in [6.07, 6.45) is 5.04. The Bertz CT molecular complexity index is 181. The third kappa shape index (κ3) is 4.33. The molecule has 1 rings (SSSR count). The number of amides is 1. The number of nitrogens with one attached hydrogen (secondary N) is 2. The van der Waals surface area contributed by atoms with Crippen LogP contribution in [-0.4, -0.2) is 36.5 Å². The van der Waals surface area contributed by atoms with Crippen molar-refractivity contribution in [2.24, 2.45) is 0 Å². The average Bonchev–Trinajstić information content (AvgIpc) is 2.56. The number of carbonyl (C=O) groups is 1. The van der Waals surface area contributed by atoms with E-state index in [1.165, 1.54) is 6.42 Å². The highest BCUT2D eigenvalue weighted by Gasteiger charge is 2.18. The van der Waals surface area contributed by atoms with Crippen LogP contribution in [0.4, 0.5) is 0 Å². The molecule has 1 aliphatic heterocycles. The van der Waals surface area contributed by atoms with Crippen molar-refractivity contribution < 1.29 is 4.79 Å². The summed E-state index contributed by atoms with van der Waals surface area (Å²) >= 11 is 1.76. The fourth-order valence-corrected chi connectivity index (χ4v) is 2.36. The number of hydrogen-bond acceptors (Lipinski definition) is 3. The maximum absolute atomic E-state index is 11.5. The monoisotopic (exact) mass is 216 g/mol. The van der Waals surface area contributed by atoms with E-state index in [1.807, 2.05) is 0 Å². The van der Waals surface area contributed by atoms with Crippen molar-refractivity contribution in [3.05, 3.63) is 0 Å². The van der Waals surface area contributed by atoms with E-state index in [2.05, 4.69) is 23.8 Å². The van der Waals surface area contributed by atoms with Crippen molar-refractivity contribution in [1.82, 2.24) is 10.6 Å². The van der Waals surface area contributed by atoms with Gasteiger partial charge in [0, 0.05) is 24.3 Å². The smallest absolute Gasteiger partial charge is 0.221 e. The van der Waals surface area contributed by atoms with E-state index in [1.54, 1.807) is 11.8 Å². The molecule has 0 radical (unpaired) electrons. The average molecular weight is 216 g/mol. The summed E-state index contributed by atoms with van der Waals surface area (Å²) in [6.45, 7) is 3.12. The Morgan fingerprint density at radius 3 is 3.07 bits per heavy atom. The van der Waals surface area contributed by atoms with Crippen LogP contribution in [-0.2, 0) is 4.79 Å². The first-order chi connectivity index (χ1) is 6.72. The minimum atomic E-state index is 0.186. The molecule has 0 aromatic rings. The van der Waals surface area contributed by atoms with Crippen molar-refractivity contribution in [2.75, 3.05) is 18.6 Å². The first-order valence-electron chi connectivity index (χ1n) is 5.24. The summed E-state index contributed by atoms with van der Waals surface area (Å²) in [5, 5.41) is 6.33. The molecular formula is C10H20N2OS. The van der Waals surface area contributed by atoms with Gasteiger partial charge < -0.3 is 10.6 Å². The van der Waals surface area contributed by atoms with E-state index in [-0.39, 0.29) is 5.91 Å². The van der Waals surface area contributed by atoms with Crippen LogP contribution < -0.4 is 10.6 Å². The lowest BCUT2D eigenvalue weighted by molar-refractivity contribution is -0.121. The molecule has 1 amide bonds. The highest BCUT2D eigenvalue weighted by atomic mass is 32.2. The van der Waals surface area contributed by atoms with E-state index in [4.69, 9.17) is 0 Å². The predicted octanol–water partition coefficient (Wildman–Crippen LogP) is 0.996. The molecule has 1 aliphatic rings. The van der Waals surface area contributed by atoms with Gasteiger partial charge in [-0.15, -0.1) is 0 Å². The third-order valence-electron chi connectivity index (χ3n) is 2.42. The van der Waals surface area contributed by atoms with Gasteiger partial charge in [-0.25, -0.2) is 0 Å². The summed E-state index contributed by atoms with van der Waals surface area (Å²) in [6, 6.07) is 0.704. The molecule has 0 spiro atoms. The van der Waals surface area contributed by atoms with Crippen molar-refractivity contribution in [3.63, 3.8) is 0 Å². The number of thioether (sulfide) groups is 1. The molecule has 3 nitrogen and oxygen atoms in total. The lowest BCUT2D eigenvalue weighted by Crippen LogP contribution is -2.37. The summed E-state index contributed by atoms with van der Waals surface area (Å²) in [7, 11) is 0. The van der Waals surface area contributed by atoms with Crippen LogP contribution in [0.5, 0.6) is 0 Å². The summed E-state index contributed by atoms with van der Waals surface area (Å²) < 4.78 is 0. The number of rotatable bonds is 5. The lowest BCUT2D eigenvalue weighted by Gasteiger charge is -2.14. The predicted molar refractivity (Wildman–Crippen MR) is 61.6 cm³/mol. The van der Waals surface area contributed by atoms with Gasteiger partial charge in [-0.2, -0.15) is 11.8 Å². The molecule has 1 saturated heterocycles. The van der Waals surface area contributed by atoms with Gasteiger partial charge in [0.2, 0.25) is 5.91 Å². The van der Waals surface area contributed by atoms with Gasteiger partial charge in [-0.1, -0.05) is 0 Å². The maximum Gasteiger partial charge on any atom is 0.221 e. The standard InChI is InChI=1S/C10H20N2OS/c1-8(7-14-2)12-10(13)6-9-4-3-5-11-9/h8-9,11H,3-7H2,1-2H3,(H,12,13). The summed E-state index contributed by atoms with van der Waals surface area (Å²) in [5.41, 5.74) is 0. The van der Waals surface area contributed by atoms with Crippen LogP contribution in [0, 0.1) is 0 Å². The van der Waals surface area contributed by atoms with Gasteiger partial charge in [0.25, 0.3) is 0 Å². The van der Waals surface area contributed by atoms with Crippen LogP contribution in [0.1, 0.15) is 26.2 Å². The molecule has 0 saturated carbocycles. The van der Waals surface area contributed by atoms with Crippen LogP contribution in [0.15, 0.2) is 0 Å². The van der Waals surface area contributed by atoms with Gasteiger partial charge in [0.05, 0.1) is 0 Å². The second-order valence-electron chi connectivity index (χ2n) is 3.92. The van der Waals surface area contributed by atoms with Crippen molar-refractivity contribution in [2.45, 2.75) is 38.3 Å². The zero-order chi connectivity index (χ0) is 10.4. The summed E-state index contributed by atoms with van der Waals surface area (Å²) in [5.74, 6) is 1.18. The molecule has 0 aliphatic carbocycles. The first kappa shape index (κ1) is 11.9. The van der Waals surface area contributed by atoms with Crippen molar-refractivity contribution in [1.29, 1.82) is 0 Å². The molecule has 2 unspecified atom stereocenters. The molecule has 1 fully saturated rings. The molecule has 1 heterocycles. The van der Waals surface area contributed by atoms with Crippen molar-refractivity contribution >= 4 is 17.7 Å². The quantitative estimate of drug-likeness (QED) is 0.720. The van der Waals surface area contributed by atoms with Gasteiger partial charge in [-0.05, 0) is 32.6 Å².